The molecule has 0 radical (unpaired) electrons. The second kappa shape index (κ2) is 4.09. The van der Waals surface area contributed by atoms with E-state index in [0.717, 1.165) is 0 Å². The van der Waals surface area contributed by atoms with Crippen LogP contribution in [-0.4, -0.2) is 9.67 Å². The molecule has 0 aromatic rings. The molecule has 0 aromatic carbocycles. The molecule has 3 N–H and O–H groups in total. The predicted octanol–water partition coefficient (Wildman–Crippen LogP) is 0.440. The molecule has 0 rings (SSSR count). The first-order chi connectivity index (χ1) is 4.63. The number of hydrogen-bond acceptors (Lipinski definition) is 2. The third-order valence-corrected chi connectivity index (χ3v) is 4.54. The maximum atomic E-state index is 10.8. The summed E-state index contributed by atoms with van der Waals surface area (Å²) in [5.41, 5.74) is 5.14. The topological polar surface area (TPSA) is 63.3 Å². The normalized spacial score (nSPS) is 11.5. The van der Waals surface area contributed by atoms with Crippen molar-refractivity contribution in [3.05, 3.63) is 0 Å². The zero-order valence-corrected chi connectivity index (χ0v) is 8.26. The maximum absolute atomic E-state index is 10.8. The van der Waals surface area contributed by atoms with Gasteiger partial charge in [-0.2, -0.15) is 0 Å². The fraction of sp³-hybridized carbons (Fsp3) is 0.833. The molecule has 3 nitrogen and oxygen atoms in total. The van der Waals surface area contributed by atoms with Gasteiger partial charge >= 0.3 is 69.6 Å². The summed E-state index contributed by atoms with van der Waals surface area (Å²) in [5.74, 6) is -0.345. The molecule has 0 saturated carbocycles. The van der Waals surface area contributed by atoms with E-state index in [1.165, 1.54) is 0 Å². The second-order valence-electron chi connectivity index (χ2n) is 2.16. The number of carbonyl (C=O) groups is 1. The van der Waals surface area contributed by atoms with Crippen LogP contribution in [0.25, 0.3) is 0 Å². The number of amides is 1. The van der Waals surface area contributed by atoms with Gasteiger partial charge < -0.3 is 0 Å². The first-order valence-electron chi connectivity index (χ1n) is 3.25. The minimum atomic E-state index is -1.23. The summed E-state index contributed by atoms with van der Waals surface area (Å²) in [5, 5.41) is 0. The molecule has 60 valence electrons. The standard InChI is InChI=1S/C6H12NO.Mo.H2O/c1-3-5(4-2)6(7)8;;/h3-4H2,1-2H3,(H2,7,8);;1H2/q;+1;/p-1. The number of rotatable bonds is 4. The Bertz CT molecular complexity index is 115. The van der Waals surface area contributed by atoms with Crippen LogP contribution in [0, 0.1) is 0 Å². The zero-order valence-electron chi connectivity index (χ0n) is 6.26. The van der Waals surface area contributed by atoms with Crippen LogP contribution in [0.4, 0.5) is 0 Å². The van der Waals surface area contributed by atoms with E-state index >= 15 is 0 Å². The van der Waals surface area contributed by atoms with Gasteiger partial charge in [-0.05, 0) is 0 Å². The van der Waals surface area contributed by atoms with Crippen LogP contribution in [0.2, 0.25) is 3.80 Å². The van der Waals surface area contributed by atoms with Crippen LogP contribution < -0.4 is 5.73 Å². The van der Waals surface area contributed by atoms with E-state index in [1.54, 1.807) is 0 Å². The van der Waals surface area contributed by atoms with Gasteiger partial charge in [-0.3, -0.25) is 0 Å². The second-order valence-corrected chi connectivity index (χ2v) is 4.53. The summed E-state index contributed by atoms with van der Waals surface area (Å²) < 4.78 is 8.43. The molecule has 0 fully saturated rings. The van der Waals surface area contributed by atoms with Crippen molar-refractivity contribution in [1.82, 2.24) is 0 Å². The molecule has 1 amide bonds. The van der Waals surface area contributed by atoms with Gasteiger partial charge in [0.15, 0.2) is 0 Å². The van der Waals surface area contributed by atoms with Crippen molar-refractivity contribution in [2.45, 2.75) is 30.5 Å². The van der Waals surface area contributed by atoms with Crippen molar-refractivity contribution in [2.24, 2.45) is 5.73 Å². The average Bonchev–Trinajstić information content (AvgIpc) is 1.92. The van der Waals surface area contributed by atoms with E-state index < -0.39 is 22.7 Å². The Morgan fingerprint density at radius 1 is 1.60 bits per heavy atom. The van der Waals surface area contributed by atoms with E-state index in [-0.39, 0.29) is 5.91 Å². The van der Waals surface area contributed by atoms with Gasteiger partial charge in [0.25, 0.3) is 0 Å². The van der Waals surface area contributed by atoms with Crippen molar-refractivity contribution in [1.29, 1.82) is 0 Å². The monoisotopic (exact) mass is 229 g/mol. The molecule has 0 aliphatic carbocycles. The quantitative estimate of drug-likeness (QED) is 0.684. The van der Waals surface area contributed by atoms with Gasteiger partial charge in [-0.1, -0.05) is 0 Å². The van der Waals surface area contributed by atoms with Gasteiger partial charge in [-0.25, -0.2) is 0 Å². The van der Waals surface area contributed by atoms with Gasteiger partial charge in [0.05, 0.1) is 0 Å². The molecule has 4 heteroatoms. The first-order valence-corrected chi connectivity index (χ1v) is 5.15. The molecule has 0 spiro atoms. The van der Waals surface area contributed by atoms with Gasteiger partial charge in [-0.15, -0.1) is 0 Å². The fourth-order valence-electron chi connectivity index (χ4n) is 0.773. The summed E-state index contributed by atoms with van der Waals surface area (Å²) in [6.07, 6.45) is 1.33. The van der Waals surface area contributed by atoms with Crippen LogP contribution in [-0.2, 0) is 23.7 Å². The van der Waals surface area contributed by atoms with Crippen LogP contribution >= 0.6 is 0 Å². The first kappa shape index (κ1) is 10.1. The van der Waals surface area contributed by atoms with Gasteiger partial charge in [0.2, 0.25) is 0 Å². The Labute approximate surface area is 70.0 Å². The molecule has 0 bridgehead atoms. The molecule has 0 unspecified atom stereocenters. The molecule has 0 saturated heterocycles. The van der Waals surface area contributed by atoms with Crippen LogP contribution in [0.5, 0.6) is 0 Å². The molecular formula is C6H13MoNO2. The van der Waals surface area contributed by atoms with Crippen LogP contribution in [0.3, 0.4) is 0 Å². The van der Waals surface area contributed by atoms with E-state index in [2.05, 4.69) is 0 Å². The minimum absolute atomic E-state index is 0.345. The van der Waals surface area contributed by atoms with Crippen LogP contribution in [0.15, 0.2) is 0 Å². The van der Waals surface area contributed by atoms with E-state index in [4.69, 9.17) is 9.49 Å². The Morgan fingerprint density at radius 3 is 2.00 bits per heavy atom. The Morgan fingerprint density at radius 2 is 2.00 bits per heavy atom. The molecule has 0 aromatic heterocycles. The average molecular weight is 227 g/mol. The molecule has 0 heterocycles. The molecule has 0 atom stereocenters. The molecular weight excluding hydrogens is 214 g/mol. The third-order valence-electron chi connectivity index (χ3n) is 1.77. The van der Waals surface area contributed by atoms with E-state index in [1.807, 2.05) is 13.8 Å². The molecule has 0 aliphatic heterocycles. The summed E-state index contributed by atoms with van der Waals surface area (Å²) in [7, 11) is 0. The van der Waals surface area contributed by atoms with Gasteiger partial charge in [0.1, 0.15) is 0 Å². The number of nitrogens with two attached hydrogens (primary N) is 1. The van der Waals surface area contributed by atoms with Crippen molar-refractivity contribution < 1.29 is 27.5 Å². The number of hydrogen-bond donors (Lipinski definition) is 2. The Balaban J connectivity index is 4.31. The number of primary amides is 1. The van der Waals surface area contributed by atoms with E-state index in [9.17, 15) is 4.79 Å². The third kappa shape index (κ3) is 1.80. The van der Waals surface area contributed by atoms with Crippen molar-refractivity contribution in [3.63, 3.8) is 0 Å². The van der Waals surface area contributed by atoms with Gasteiger partial charge in [0, 0.05) is 0 Å². The zero-order chi connectivity index (χ0) is 8.20. The van der Waals surface area contributed by atoms with Crippen molar-refractivity contribution in [3.8, 4) is 0 Å². The number of carbonyl (C=O) groups excluding carboxylic acids is 1. The predicted molar refractivity (Wildman–Crippen MR) is 34.7 cm³/mol. The summed E-state index contributed by atoms with van der Waals surface area (Å²) in [6, 6.07) is 0. The summed E-state index contributed by atoms with van der Waals surface area (Å²) >= 11 is -1.23. The molecule has 0 aliphatic rings. The van der Waals surface area contributed by atoms with Crippen molar-refractivity contribution >= 4 is 5.91 Å². The summed E-state index contributed by atoms with van der Waals surface area (Å²) in [4.78, 5) is 10.8. The van der Waals surface area contributed by atoms with Crippen molar-refractivity contribution in [2.75, 3.05) is 0 Å². The Hall–Kier alpha value is 0.118. The SMILES string of the molecule is CC[C](CC)([Mo][OH])C(N)=O. The summed E-state index contributed by atoms with van der Waals surface area (Å²) in [6.45, 7) is 3.77. The van der Waals surface area contributed by atoms with Crippen LogP contribution in [0.1, 0.15) is 26.7 Å². The fourth-order valence-corrected chi connectivity index (χ4v) is 1.63. The van der Waals surface area contributed by atoms with E-state index in [0.29, 0.717) is 12.8 Å². The molecule has 10 heavy (non-hydrogen) atoms. The Kier molecular flexibility index (Phi) is 4.14.